The largest absolute Gasteiger partial charge is 0.497 e. The fourth-order valence-electron chi connectivity index (χ4n) is 2.49. The van der Waals surface area contributed by atoms with Crippen molar-refractivity contribution < 1.29 is 14.3 Å². The fraction of sp³-hybridized carbons (Fsp3) is 0.105. The maximum Gasteiger partial charge on any atom is 0.333 e. The molecule has 0 aliphatic rings. The predicted molar refractivity (Wildman–Crippen MR) is 100 cm³/mol. The highest BCUT2D eigenvalue weighted by Gasteiger charge is 2.16. The summed E-state index contributed by atoms with van der Waals surface area (Å²) < 4.78 is 11.1. The summed E-state index contributed by atoms with van der Waals surface area (Å²) in [6, 6.07) is 13.1. The normalized spacial score (nSPS) is 10.3. The number of methoxy groups -OCH3 is 2. The zero-order valence-electron chi connectivity index (χ0n) is 14.7. The average Bonchev–Trinajstić information content (AvgIpc) is 2.68. The standard InChI is InChI=1S/C19H17N3O5/c1-26-14-8-6-12(7-9-14)21-17(23)16-11-20-19(25)22(18(16)24)13-4-3-5-15(10-13)27-2/h3-11H,1-2H3,(H,20,25)(H,21,23). The number of nitrogens with one attached hydrogen (secondary N) is 2. The topological polar surface area (TPSA) is 102 Å². The molecule has 1 amide bonds. The molecule has 0 bridgehead atoms. The van der Waals surface area contributed by atoms with E-state index in [1.165, 1.54) is 20.3 Å². The van der Waals surface area contributed by atoms with Crippen molar-refractivity contribution in [1.29, 1.82) is 0 Å². The van der Waals surface area contributed by atoms with Gasteiger partial charge in [0.15, 0.2) is 0 Å². The van der Waals surface area contributed by atoms with Gasteiger partial charge in [0.2, 0.25) is 0 Å². The van der Waals surface area contributed by atoms with Crippen molar-refractivity contribution in [3.05, 3.63) is 81.1 Å². The van der Waals surface area contributed by atoms with Crippen LogP contribution in [0.2, 0.25) is 0 Å². The van der Waals surface area contributed by atoms with Crippen LogP contribution in [0.3, 0.4) is 0 Å². The lowest BCUT2D eigenvalue weighted by Gasteiger charge is -2.09. The van der Waals surface area contributed by atoms with Crippen LogP contribution in [0.1, 0.15) is 10.4 Å². The molecule has 2 N–H and O–H groups in total. The molecule has 0 saturated heterocycles. The minimum atomic E-state index is -0.738. The number of ether oxygens (including phenoxy) is 2. The Hall–Kier alpha value is -3.81. The van der Waals surface area contributed by atoms with E-state index in [0.717, 1.165) is 10.8 Å². The quantitative estimate of drug-likeness (QED) is 0.716. The molecular weight excluding hydrogens is 350 g/mol. The second-order valence-corrected chi connectivity index (χ2v) is 5.53. The Morgan fingerprint density at radius 3 is 2.37 bits per heavy atom. The van der Waals surface area contributed by atoms with Crippen LogP contribution < -0.4 is 26.0 Å². The molecule has 3 aromatic rings. The second kappa shape index (κ2) is 7.61. The smallest absolute Gasteiger partial charge is 0.333 e. The van der Waals surface area contributed by atoms with Crippen molar-refractivity contribution >= 4 is 11.6 Å². The van der Waals surface area contributed by atoms with Gasteiger partial charge in [-0.05, 0) is 36.4 Å². The lowest BCUT2D eigenvalue weighted by Crippen LogP contribution is -2.38. The molecule has 3 rings (SSSR count). The fourth-order valence-corrected chi connectivity index (χ4v) is 2.49. The Kier molecular flexibility index (Phi) is 5.07. The Labute approximate surface area is 154 Å². The number of hydrogen-bond donors (Lipinski definition) is 2. The molecule has 27 heavy (non-hydrogen) atoms. The second-order valence-electron chi connectivity index (χ2n) is 5.53. The Balaban J connectivity index is 1.97. The number of aromatic amines is 1. The molecular formula is C19H17N3O5. The maximum absolute atomic E-state index is 12.7. The Morgan fingerprint density at radius 1 is 1.00 bits per heavy atom. The molecule has 0 saturated carbocycles. The summed E-state index contributed by atoms with van der Waals surface area (Å²) in [6.45, 7) is 0. The van der Waals surface area contributed by atoms with Crippen LogP contribution in [-0.4, -0.2) is 29.7 Å². The van der Waals surface area contributed by atoms with Crippen LogP contribution in [-0.2, 0) is 0 Å². The van der Waals surface area contributed by atoms with Crippen molar-refractivity contribution in [2.75, 3.05) is 19.5 Å². The highest BCUT2D eigenvalue weighted by Crippen LogP contribution is 2.16. The van der Waals surface area contributed by atoms with Crippen molar-refractivity contribution in [2.24, 2.45) is 0 Å². The van der Waals surface area contributed by atoms with E-state index in [-0.39, 0.29) is 5.56 Å². The zero-order valence-corrected chi connectivity index (χ0v) is 14.7. The average molecular weight is 367 g/mol. The van der Waals surface area contributed by atoms with Gasteiger partial charge in [0.1, 0.15) is 17.1 Å². The molecule has 138 valence electrons. The van der Waals surface area contributed by atoms with Crippen molar-refractivity contribution in [3.8, 4) is 17.2 Å². The number of hydrogen-bond acceptors (Lipinski definition) is 5. The van der Waals surface area contributed by atoms with Gasteiger partial charge in [0.05, 0.1) is 19.9 Å². The van der Waals surface area contributed by atoms with Gasteiger partial charge in [-0.1, -0.05) is 6.07 Å². The summed E-state index contributed by atoms with van der Waals surface area (Å²) in [5, 5.41) is 2.62. The van der Waals surface area contributed by atoms with Crippen LogP contribution in [0.5, 0.6) is 11.5 Å². The van der Waals surface area contributed by atoms with Crippen LogP contribution in [0.15, 0.2) is 64.3 Å². The molecule has 0 aliphatic heterocycles. The molecule has 0 radical (unpaired) electrons. The van der Waals surface area contributed by atoms with E-state index in [2.05, 4.69) is 10.3 Å². The van der Waals surface area contributed by atoms with E-state index in [0.29, 0.717) is 22.9 Å². The van der Waals surface area contributed by atoms with Gasteiger partial charge in [-0.15, -0.1) is 0 Å². The van der Waals surface area contributed by atoms with Crippen molar-refractivity contribution in [2.45, 2.75) is 0 Å². The SMILES string of the molecule is COc1ccc(NC(=O)c2c[nH]c(=O)n(-c3cccc(OC)c3)c2=O)cc1. The first-order valence-corrected chi connectivity index (χ1v) is 7.98. The molecule has 1 heterocycles. The first kappa shape index (κ1) is 18.0. The number of anilines is 1. The number of nitrogens with zero attached hydrogens (tertiary/aromatic N) is 1. The van der Waals surface area contributed by atoms with E-state index < -0.39 is 17.2 Å². The highest BCUT2D eigenvalue weighted by molar-refractivity contribution is 6.03. The number of amides is 1. The number of carbonyl (C=O) groups is 1. The van der Waals surface area contributed by atoms with Gasteiger partial charge in [0.25, 0.3) is 11.5 Å². The van der Waals surface area contributed by atoms with Gasteiger partial charge >= 0.3 is 5.69 Å². The summed E-state index contributed by atoms with van der Waals surface area (Å²) in [6.07, 6.45) is 1.10. The van der Waals surface area contributed by atoms with Crippen molar-refractivity contribution in [3.63, 3.8) is 0 Å². The molecule has 0 unspecified atom stereocenters. The number of carbonyl (C=O) groups excluding carboxylic acids is 1. The Bertz CT molecular complexity index is 1080. The molecule has 0 fully saturated rings. The van der Waals surface area contributed by atoms with Gasteiger partial charge in [-0.25, -0.2) is 9.36 Å². The third-order valence-corrected chi connectivity index (χ3v) is 3.88. The van der Waals surface area contributed by atoms with Crippen molar-refractivity contribution in [1.82, 2.24) is 9.55 Å². The van der Waals surface area contributed by atoms with Gasteiger partial charge in [0, 0.05) is 18.0 Å². The molecule has 8 heteroatoms. The van der Waals surface area contributed by atoms with Gasteiger partial charge in [-0.2, -0.15) is 0 Å². The molecule has 0 spiro atoms. The monoisotopic (exact) mass is 367 g/mol. The minimum Gasteiger partial charge on any atom is -0.497 e. The van der Waals surface area contributed by atoms with E-state index in [1.807, 2.05) is 0 Å². The molecule has 8 nitrogen and oxygen atoms in total. The lowest BCUT2D eigenvalue weighted by molar-refractivity contribution is 0.102. The third kappa shape index (κ3) is 3.74. The molecule has 1 aromatic heterocycles. The predicted octanol–water partition coefficient (Wildman–Crippen LogP) is 1.80. The van der Waals surface area contributed by atoms with Gasteiger partial charge in [-0.3, -0.25) is 9.59 Å². The third-order valence-electron chi connectivity index (χ3n) is 3.88. The first-order chi connectivity index (χ1) is 13.0. The molecule has 0 atom stereocenters. The number of rotatable bonds is 5. The zero-order chi connectivity index (χ0) is 19.4. The van der Waals surface area contributed by atoms with Crippen LogP contribution in [0.25, 0.3) is 5.69 Å². The summed E-state index contributed by atoms with van der Waals surface area (Å²) in [4.78, 5) is 39.8. The minimum absolute atomic E-state index is 0.201. The highest BCUT2D eigenvalue weighted by atomic mass is 16.5. The van der Waals surface area contributed by atoms with Crippen LogP contribution in [0.4, 0.5) is 5.69 Å². The number of H-pyrrole nitrogens is 1. The van der Waals surface area contributed by atoms with E-state index in [1.54, 1.807) is 42.5 Å². The maximum atomic E-state index is 12.7. The summed E-state index contributed by atoms with van der Waals surface area (Å²) in [5.41, 5.74) is -0.820. The lowest BCUT2D eigenvalue weighted by atomic mass is 10.2. The molecule has 0 aliphatic carbocycles. The Morgan fingerprint density at radius 2 is 1.70 bits per heavy atom. The summed E-state index contributed by atoms with van der Waals surface area (Å²) >= 11 is 0. The molecule has 2 aromatic carbocycles. The summed E-state index contributed by atoms with van der Waals surface area (Å²) in [7, 11) is 3.01. The van der Waals surface area contributed by atoms with E-state index in [9.17, 15) is 14.4 Å². The summed E-state index contributed by atoms with van der Waals surface area (Å²) in [5.74, 6) is 0.474. The number of benzene rings is 2. The van der Waals surface area contributed by atoms with Crippen LogP contribution >= 0.6 is 0 Å². The van der Waals surface area contributed by atoms with E-state index >= 15 is 0 Å². The number of aromatic nitrogens is 2. The van der Waals surface area contributed by atoms with E-state index in [4.69, 9.17) is 9.47 Å². The van der Waals surface area contributed by atoms with Crippen LogP contribution in [0, 0.1) is 0 Å². The first-order valence-electron chi connectivity index (χ1n) is 7.98. The van der Waals surface area contributed by atoms with Gasteiger partial charge < -0.3 is 19.8 Å².